The largest absolute Gasteiger partial charge is 0.338 e. The van der Waals surface area contributed by atoms with Gasteiger partial charge in [0.1, 0.15) is 0 Å². The van der Waals surface area contributed by atoms with Crippen LogP contribution < -0.4 is 4.90 Å². The van der Waals surface area contributed by atoms with E-state index in [4.69, 9.17) is 16.7 Å². The van der Waals surface area contributed by atoms with Crippen LogP contribution in [0.15, 0.2) is 24.5 Å². The molecule has 0 saturated carbocycles. The molecule has 3 aromatic rings. The van der Waals surface area contributed by atoms with Crippen molar-refractivity contribution in [2.24, 2.45) is 7.05 Å². The molecule has 0 unspecified atom stereocenters. The SMILES string of the molecule is CC(=O)N1CCc2c(c(N3CCCc4cc(-c5cnn(C)c5)c(Cl)cc43)nn2C(C)C)C1. The normalized spacial score (nSPS) is 15.8. The average molecular weight is 453 g/mol. The van der Waals surface area contributed by atoms with Gasteiger partial charge >= 0.3 is 0 Å². The Labute approximate surface area is 193 Å². The summed E-state index contributed by atoms with van der Waals surface area (Å²) in [5.41, 5.74) is 6.84. The molecule has 8 heteroatoms. The molecule has 0 atom stereocenters. The molecule has 0 saturated heterocycles. The summed E-state index contributed by atoms with van der Waals surface area (Å²) in [6.45, 7) is 8.22. The van der Waals surface area contributed by atoms with Gasteiger partial charge in [-0.15, -0.1) is 0 Å². The summed E-state index contributed by atoms with van der Waals surface area (Å²) in [5, 5.41) is 10.1. The zero-order valence-corrected chi connectivity index (χ0v) is 19.9. The molecule has 5 rings (SSSR count). The van der Waals surface area contributed by atoms with Crippen LogP contribution in [0.2, 0.25) is 5.02 Å². The monoisotopic (exact) mass is 452 g/mol. The lowest BCUT2D eigenvalue weighted by Gasteiger charge is -2.33. The third kappa shape index (κ3) is 3.48. The lowest BCUT2D eigenvalue weighted by atomic mass is 9.96. The van der Waals surface area contributed by atoms with E-state index in [-0.39, 0.29) is 11.9 Å². The number of anilines is 2. The molecule has 0 radical (unpaired) electrons. The Kier molecular flexibility index (Phi) is 5.24. The zero-order valence-electron chi connectivity index (χ0n) is 19.1. The third-order valence-electron chi connectivity index (χ3n) is 6.56. The van der Waals surface area contributed by atoms with Gasteiger partial charge in [-0.25, -0.2) is 0 Å². The predicted octanol–water partition coefficient (Wildman–Crippen LogP) is 4.51. The van der Waals surface area contributed by atoms with Crippen molar-refractivity contribution in [2.45, 2.75) is 52.6 Å². The fraction of sp³-hybridized carbons (Fsp3) is 0.458. The second kappa shape index (κ2) is 7.96. The summed E-state index contributed by atoms with van der Waals surface area (Å²) in [5.74, 6) is 1.08. The Morgan fingerprint density at radius 2 is 2.00 bits per heavy atom. The van der Waals surface area contributed by atoms with Crippen molar-refractivity contribution in [3.63, 3.8) is 0 Å². The van der Waals surface area contributed by atoms with E-state index in [1.807, 2.05) is 24.3 Å². The first-order chi connectivity index (χ1) is 15.3. The predicted molar refractivity (Wildman–Crippen MR) is 126 cm³/mol. The van der Waals surface area contributed by atoms with Gasteiger partial charge in [0.25, 0.3) is 0 Å². The van der Waals surface area contributed by atoms with Gasteiger partial charge in [0.15, 0.2) is 5.82 Å². The van der Waals surface area contributed by atoms with Crippen LogP contribution in [-0.2, 0) is 31.2 Å². The first-order valence-corrected chi connectivity index (χ1v) is 11.7. The van der Waals surface area contributed by atoms with Crippen LogP contribution in [0.4, 0.5) is 11.5 Å². The highest BCUT2D eigenvalue weighted by Gasteiger charge is 2.32. The highest BCUT2D eigenvalue weighted by Crippen LogP contribution is 2.42. The molecule has 0 spiro atoms. The first-order valence-electron chi connectivity index (χ1n) is 11.3. The minimum Gasteiger partial charge on any atom is -0.338 e. The number of hydrogen-bond donors (Lipinski definition) is 0. The number of benzene rings is 1. The Hall–Kier alpha value is -2.80. The minimum absolute atomic E-state index is 0.113. The van der Waals surface area contributed by atoms with Gasteiger partial charge in [-0.2, -0.15) is 10.2 Å². The van der Waals surface area contributed by atoms with Gasteiger partial charge in [0.05, 0.1) is 17.8 Å². The van der Waals surface area contributed by atoms with Gasteiger partial charge < -0.3 is 9.80 Å². The number of aryl methyl sites for hydroxylation is 2. The summed E-state index contributed by atoms with van der Waals surface area (Å²) < 4.78 is 3.94. The number of fused-ring (bicyclic) bond motifs is 2. The van der Waals surface area contributed by atoms with E-state index < -0.39 is 0 Å². The van der Waals surface area contributed by atoms with Gasteiger partial charge in [-0.05, 0) is 44.4 Å². The Balaban J connectivity index is 1.60. The fourth-order valence-electron chi connectivity index (χ4n) is 4.95. The lowest BCUT2D eigenvalue weighted by Crippen LogP contribution is -2.35. The van der Waals surface area contributed by atoms with E-state index in [0.29, 0.717) is 11.6 Å². The van der Waals surface area contributed by atoms with Crippen LogP contribution in [0.3, 0.4) is 0 Å². The topological polar surface area (TPSA) is 59.2 Å². The summed E-state index contributed by atoms with van der Waals surface area (Å²) >= 11 is 6.78. The van der Waals surface area contributed by atoms with Gasteiger partial charge in [-0.3, -0.25) is 14.2 Å². The summed E-state index contributed by atoms with van der Waals surface area (Å²) in [4.78, 5) is 16.3. The molecule has 32 heavy (non-hydrogen) atoms. The Morgan fingerprint density at radius 1 is 1.19 bits per heavy atom. The van der Waals surface area contributed by atoms with Crippen LogP contribution in [0.1, 0.15) is 50.1 Å². The van der Waals surface area contributed by atoms with E-state index in [2.05, 4.69) is 40.7 Å². The van der Waals surface area contributed by atoms with Gasteiger partial charge in [0, 0.05) is 73.8 Å². The number of nitrogens with zero attached hydrogens (tertiary/aromatic N) is 6. The second-order valence-electron chi connectivity index (χ2n) is 9.10. The van der Waals surface area contributed by atoms with Crippen molar-refractivity contribution >= 4 is 29.0 Å². The highest BCUT2D eigenvalue weighted by atomic mass is 35.5. The van der Waals surface area contributed by atoms with Crippen LogP contribution in [-0.4, -0.2) is 43.5 Å². The molecular weight excluding hydrogens is 424 g/mol. The molecule has 7 nitrogen and oxygen atoms in total. The number of halogens is 1. The van der Waals surface area contributed by atoms with Crippen molar-refractivity contribution in [3.05, 3.63) is 46.4 Å². The molecule has 2 aliphatic heterocycles. The van der Waals surface area contributed by atoms with E-state index in [1.165, 1.54) is 16.8 Å². The van der Waals surface area contributed by atoms with E-state index in [9.17, 15) is 4.79 Å². The molecular formula is C24H29ClN6O. The van der Waals surface area contributed by atoms with Crippen LogP contribution in [0, 0.1) is 0 Å². The molecule has 2 aromatic heterocycles. The smallest absolute Gasteiger partial charge is 0.219 e. The minimum atomic E-state index is 0.113. The number of hydrogen-bond acceptors (Lipinski definition) is 4. The van der Waals surface area contributed by atoms with Crippen molar-refractivity contribution in [3.8, 4) is 11.1 Å². The quantitative estimate of drug-likeness (QED) is 0.586. The zero-order chi connectivity index (χ0) is 22.6. The molecule has 2 aliphatic rings. The fourth-order valence-corrected chi connectivity index (χ4v) is 5.22. The third-order valence-corrected chi connectivity index (χ3v) is 6.87. The molecule has 1 amide bonds. The second-order valence-corrected chi connectivity index (χ2v) is 9.50. The van der Waals surface area contributed by atoms with Crippen molar-refractivity contribution in [1.82, 2.24) is 24.5 Å². The Bertz CT molecular complexity index is 1190. The van der Waals surface area contributed by atoms with Crippen molar-refractivity contribution in [1.29, 1.82) is 0 Å². The Morgan fingerprint density at radius 3 is 2.69 bits per heavy atom. The van der Waals surface area contributed by atoms with Gasteiger partial charge in [0.2, 0.25) is 5.91 Å². The van der Waals surface area contributed by atoms with E-state index in [1.54, 1.807) is 11.6 Å². The van der Waals surface area contributed by atoms with Crippen LogP contribution >= 0.6 is 11.6 Å². The number of carbonyl (C=O) groups is 1. The molecule has 0 bridgehead atoms. The van der Waals surface area contributed by atoms with Crippen molar-refractivity contribution in [2.75, 3.05) is 18.0 Å². The van der Waals surface area contributed by atoms with Crippen LogP contribution in [0.25, 0.3) is 11.1 Å². The van der Waals surface area contributed by atoms with Gasteiger partial charge in [-0.1, -0.05) is 11.6 Å². The average Bonchev–Trinajstić information content (AvgIpc) is 3.36. The standard InChI is InChI=1S/C24H29ClN6O/c1-15(2)31-22-7-9-29(16(3)32)14-20(22)24(27-31)30-8-5-6-17-10-19(21(25)11-23(17)30)18-12-26-28(4)13-18/h10-13,15H,5-9,14H2,1-4H3. The molecule has 4 heterocycles. The lowest BCUT2D eigenvalue weighted by molar-refractivity contribution is -0.129. The molecule has 1 aromatic carbocycles. The first kappa shape index (κ1) is 21.1. The maximum Gasteiger partial charge on any atom is 0.219 e. The summed E-state index contributed by atoms with van der Waals surface area (Å²) in [7, 11) is 1.91. The van der Waals surface area contributed by atoms with E-state index >= 15 is 0 Å². The summed E-state index contributed by atoms with van der Waals surface area (Å²) in [6, 6.07) is 4.54. The number of aromatic nitrogens is 4. The molecule has 0 fully saturated rings. The molecule has 0 aliphatic carbocycles. The molecule has 0 N–H and O–H groups in total. The molecule has 168 valence electrons. The number of carbonyl (C=O) groups excluding carboxylic acids is 1. The maximum absolute atomic E-state index is 12.1. The maximum atomic E-state index is 12.1. The number of amides is 1. The summed E-state index contributed by atoms with van der Waals surface area (Å²) in [6.07, 6.45) is 6.72. The van der Waals surface area contributed by atoms with Crippen molar-refractivity contribution < 1.29 is 4.79 Å². The van der Waals surface area contributed by atoms with E-state index in [0.717, 1.165) is 55.0 Å². The highest BCUT2D eigenvalue weighted by molar-refractivity contribution is 6.33. The van der Waals surface area contributed by atoms with Crippen LogP contribution in [0.5, 0.6) is 0 Å². The number of rotatable bonds is 3.